The summed E-state index contributed by atoms with van der Waals surface area (Å²) in [6.45, 7) is 0. The third-order valence-electron chi connectivity index (χ3n) is 5.34. The molecule has 1 saturated carbocycles. The number of carbonyl (C=O) groups is 1. The summed E-state index contributed by atoms with van der Waals surface area (Å²) in [6, 6.07) is 12.1. The number of hydrogen-bond donors (Lipinski definition) is 3. The van der Waals surface area contributed by atoms with Crippen molar-refractivity contribution in [3.63, 3.8) is 0 Å². The Morgan fingerprint density at radius 3 is 2.46 bits per heavy atom. The second kappa shape index (κ2) is 6.84. The molecular formula is C19H19BrN2O4S2. The van der Waals surface area contributed by atoms with Gasteiger partial charge in [0, 0.05) is 11.5 Å². The van der Waals surface area contributed by atoms with Crippen LogP contribution in [0.3, 0.4) is 0 Å². The van der Waals surface area contributed by atoms with Crippen LogP contribution in [-0.2, 0) is 20.5 Å². The van der Waals surface area contributed by atoms with Gasteiger partial charge in [-0.2, -0.15) is 8.42 Å². The zero-order valence-electron chi connectivity index (χ0n) is 15.0. The van der Waals surface area contributed by atoms with E-state index in [4.69, 9.17) is 0 Å². The van der Waals surface area contributed by atoms with Gasteiger partial charge in [0.05, 0.1) is 4.90 Å². The van der Waals surface area contributed by atoms with Crippen molar-refractivity contribution in [2.45, 2.75) is 34.7 Å². The zero-order chi connectivity index (χ0) is 20.3. The van der Waals surface area contributed by atoms with Crippen molar-refractivity contribution in [1.82, 2.24) is 10.2 Å². The number of carbonyl (C=O) groups excluding carboxylic acids is 1. The van der Waals surface area contributed by atoms with E-state index in [9.17, 15) is 17.8 Å². The van der Waals surface area contributed by atoms with Crippen molar-refractivity contribution in [3.8, 4) is 0 Å². The molecule has 4 rings (SSSR count). The standard InChI is InChI=1S/C19H19BrN2O4S2/c1-22-17(23)19(21-18(22)27,12-4-2-5-13(20)10-12)14-6-3-7-15(28(24,25)26)16(14)11-8-9-11/h2-7,10-11,18,21,27H,8-9H2,1H3,(H,24,25,26). The van der Waals surface area contributed by atoms with Gasteiger partial charge in [-0.05, 0) is 53.6 Å². The van der Waals surface area contributed by atoms with Crippen molar-refractivity contribution in [2.75, 3.05) is 7.05 Å². The Bertz CT molecular complexity index is 1070. The van der Waals surface area contributed by atoms with Crippen molar-refractivity contribution in [1.29, 1.82) is 0 Å². The number of amides is 1. The van der Waals surface area contributed by atoms with Gasteiger partial charge in [0.2, 0.25) is 0 Å². The van der Waals surface area contributed by atoms with Crippen LogP contribution in [0.5, 0.6) is 0 Å². The first kappa shape index (κ1) is 19.9. The molecule has 0 aromatic heterocycles. The lowest BCUT2D eigenvalue weighted by molar-refractivity contribution is -0.130. The number of rotatable bonds is 4. The molecular weight excluding hydrogens is 464 g/mol. The summed E-state index contributed by atoms with van der Waals surface area (Å²) in [5.41, 5.74) is -0.139. The molecule has 2 atom stereocenters. The topological polar surface area (TPSA) is 86.7 Å². The Morgan fingerprint density at radius 2 is 1.93 bits per heavy atom. The van der Waals surface area contributed by atoms with Gasteiger partial charge >= 0.3 is 0 Å². The first-order valence-corrected chi connectivity index (χ1v) is 11.5. The lowest BCUT2D eigenvalue weighted by Gasteiger charge is -2.31. The van der Waals surface area contributed by atoms with Gasteiger partial charge in [-0.1, -0.05) is 40.2 Å². The third kappa shape index (κ3) is 3.09. The Hall–Kier alpha value is -1.39. The monoisotopic (exact) mass is 482 g/mol. The number of hydrogen-bond acceptors (Lipinski definition) is 5. The summed E-state index contributed by atoms with van der Waals surface area (Å²) in [4.78, 5) is 14.8. The molecule has 2 aliphatic rings. The fraction of sp³-hybridized carbons (Fsp3) is 0.316. The molecule has 1 amide bonds. The maximum atomic E-state index is 13.5. The molecule has 0 spiro atoms. The largest absolute Gasteiger partial charge is 0.319 e. The molecule has 2 aromatic carbocycles. The highest BCUT2D eigenvalue weighted by atomic mass is 79.9. The lowest BCUT2D eigenvalue weighted by atomic mass is 9.79. The van der Waals surface area contributed by atoms with Crippen molar-refractivity contribution < 1.29 is 17.8 Å². The lowest BCUT2D eigenvalue weighted by Crippen LogP contribution is -2.46. The first-order valence-electron chi connectivity index (χ1n) is 8.76. The van der Waals surface area contributed by atoms with E-state index in [1.54, 1.807) is 19.2 Å². The van der Waals surface area contributed by atoms with Crippen LogP contribution in [-0.4, -0.2) is 36.3 Å². The highest BCUT2D eigenvalue weighted by Crippen LogP contribution is 2.50. The van der Waals surface area contributed by atoms with Crippen LogP contribution in [0, 0.1) is 0 Å². The molecule has 6 nitrogen and oxygen atoms in total. The summed E-state index contributed by atoms with van der Waals surface area (Å²) in [7, 11) is -2.78. The second-order valence-electron chi connectivity index (χ2n) is 7.16. The number of nitrogens with one attached hydrogen (secondary N) is 1. The number of benzene rings is 2. The van der Waals surface area contributed by atoms with Gasteiger partial charge in [-0.15, -0.1) is 12.6 Å². The molecule has 2 unspecified atom stereocenters. The van der Waals surface area contributed by atoms with E-state index in [2.05, 4.69) is 33.9 Å². The van der Waals surface area contributed by atoms with Gasteiger partial charge in [-0.25, -0.2) is 0 Å². The highest BCUT2D eigenvalue weighted by molar-refractivity contribution is 9.10. The fourth-order valence-electron chi connectivity index (χ4n) is 3.89. The number of likely N-dealkylation sites (N-methyl/N-ethyl adjacent to an activating group) is 1. The number of nitrogens with zero attached hydrogens (tertiary/aromatic N) is 1. The predicted molar refractivity (Wildman–Crippen MR) is 112 cm³/mol. The molecule has 2 aromatic rings. The normalized spacial score (nSPS) is 25.4. The minimum atomic E-state index is -4.43. The van der Waals surface area contributed by atoms with E-state index in [1.807, 2.05) is 24.3 Å². The molecule has 2 N–H and O–H groups in total. The third-order valence-corrected chi connectivity index (χ3v) is 7.23. The van der Waals surface area contributed by atoms with Crippen molar-refractivity contribution in [3.05, 3.63) is 63.6 Å². The Morgan fingerprint density at radius 1 is 1.25 bits per heavy atom. The van der Waals surface area contributed by atoms with E-state index in [0.717, 1.165) is 17.3 Å². The minimum absolute atomic E-state index is 0.0176. The maximum absolute atomic E-state index is 13.5. The molecule has 1 aliphatic carbocycles. The molecule has 1 heterocycles. The summed E-state index contributed by atoms with van der Waals surface area (Å²) < 4.78 is 34.8. The van der Waals surface area contributed by atoms with Crippen molar-refractivity contribution >= 4 is 44.6 Å². The summed E-state index contributed by atoms with van der Waals surface area (Å²) in [5.74, 6) is -0.254. The SMILES string of the molecule is CN1C(=O)C(c2cccc(Br)c2)(c2cccc(S(=O)(=O)O)c2C2CC2)NC1S. The van der Waals surface area contributed by atoms with E-state index < -0.39 is 21.2 Å². The molecule has 1 saturated heterocycles. The van der Waals surface area contributed by atoms with Crippen molar-refractivity contribution in [2.24, 2.45) is 0 Å². The average Bonchev–Trinajstić information content (AvgIpc) is 3.45. The van der Waals surface area contributed by atoms with Crippen LogP contribution in [0.15, 0.2) is 51.8 Å². The van der Waals surface area contributed by atoms with Gasteiger partial charge in [0.1, 0.15) is 5.50 Å². The Labute approximate surface area is 177 Å². The first-order chi connectivity index (χ1) is 13.2. The molecule has 0 bridgehead atoms. The highest BCUT2D eigenvalue weighted by Gasteiger charge is 2.54. The van der Waals surface area contributed by atoms with Crippen LogP contribution in [0.4, 0.5) is 0 Å². The van der Waals surface area contributed by atoms with Crippen LogP contribution in [0.25, 0.3) is 0 Å². The smallest absolute Gasteiger partial charge is 0.294 e. The number of thiol groups is 1. The van der Waals surface area contributed by atoms with Crippen LogP contribution in [0.2, 0.25) is 0 Å². The molecule has 148 valence electrons. The molecule has 9 heteroatoms. The number of halogens is 1. The zero-order valence-corrected chi connectivity index (χ0v) is 18.3. The molecule has 2 fully saturated rings. The van der Waals surface area contributed by atoms with Gasteiger partial charge in [0.15, 0.2) is 5.54 Å². The quantitative estimate of drug-likeness (QED) is 0.460. The van der Waals surface area contributed by atoms with Gasteiger partial charge < -0.3 is 4.90 Å². The van der Waals surface area contributed by atoms with E-state index in [0.29, 0.717) is 16.7 Å². The minimum Gasteiger partial charge on any atom is -0.319 e. The Balaban J connectivity index is 2.07. The van der Waals surface area contributed by atoms with E-state index in [1.165, 1.54) is 11.0 Å². The Kier molecular flexibility index (Phi) is 4.86. The fourth-order valence-corrected chi connectivity index (χ4v) is 5.40. The van der Waals surface area contributed by atoms with Gasteiger partial charge in [0.25, 0.3) is 16.0 Å². The molecule has 0 radical (unpaired) electrons. The van der Waals surface area contributed by atoms with Crippen LogP contribution in [0.1, 0.15) is 35.4 Å². The van der Waals surface area contributed by atoms with Crippen LogP contribution < -0.4 is 5.32 Å². The summed E-state index contributed by atoms with van der Waals surface area (Å²) in [5, 5.41) is 3.27. The average molecular weight is 483 g/mol. The summed E-state index contributed by atoms with van der Waals surface area (Å²) >= 11 is 7.94. The second-order valence-corrected chi connectivity index (χ2v) is 9.96. The molecule has 28 heavy (non-hydrogen) atoms. The van der Waals surface area contributed by atoms with Gasteiger partial charge in [-0.3, -0.25) is 14.7 Å². The van der Waals surface area contributed by atoms with E-state index >= 15 is 0 Å². The predicted octanol–water partition coefficient (Wildman–Crippen LogP) is 3.09. The maximum Gasteiger partial charge on any atom is 0.294 e. The van der Waals surface area contributed by atoms with Crippen LogP contribution >= 0.6 is 28.6 Å². The summed E-state index contributed by atoms with van der Waals surface area (Å²) in [6.07, 6.45) is 1.62. The molecule has 1 aliphatic heterocycles. The van der Waals surface area contributed by atoms with E-state index in [-0.39, 0.29) is 16.7 Å².